The second-order valence-corrected chi connectivity index (χ2v) is 8.34. The molecule has 0 spiro atoms. The van der Waals surface area contributed by atoms with Gasteiger partial charge in [-0.05, 0) is 51.0 Å². The van der Waals surface area contributed by atoms with E-state index in [1.165, 1.54) is 0 Å². The van der Waals surface area contributed by atoms with E-state index in [0.29, 0.717) is 23.6 Å². The summed E-state index contributed by atoms with van der Waals surface area (Å²) in [5.74, 6) is -0.445. The molecule has 1 aliphatic heterocycles. The fourth-order valence-corrected chi connectivity index (χ4v) is 4.16. The van der Waals surface area contributed by atoms with E-state index in [1.807, 2.05) is 27.4 Å². The molecule has 0 radical (unpaired) electrons. The molecule has 0 saturated carbocycles. The van der Waals surface area contributed by atoms with Crippen LogP contribution in [0.4, 0.5) is 5.69 Å². The van der Waals surface area contributed by atoms with E-state index in [1.54, 1.807) is 18.5 Å². The van der Waals surface area contributed by atoms with Crippen LogP contribution in [0.2, 0.25) is 0 Å². The second kappa shape index (κ2) is 7.74. The van der Waals surface area contributed by atoms with Crippen LogP contribution in [0, 0.1) is 0 Å². The SMILES string of the molecule is CCC(C)n1ncc2cc(NC(=O)c3ccc4cc5n(c4n3)C(C)CCNC5=O)cnc21. The number of hydrogen-bond acceptors (Lipinski definition) is 5. The molecule has 4 aromatic rings. The Bertz CT molecular complexity index is 1350. The van der Waals surface area contributed by atoms with Gasteiger partial charge >= 0.3 is 0 Å². The van der Waals surface area contributed by atoms with Gasteiger partial charge in [0.2, 0.25) is 0 Å². The quantitative estimate of drug-likeness (QED) is 0.512. The molecular weight excluding hydrogens is 406 g/mol. The largest absolute Gasteiger partial charge is 0.351 e. The Kier molecular flexibility index (Phi) is 4.88. The Morgan fingerprint density at radius 3 is 2.91 bits per heavy atom. The first kappa shape index (κ1) is 20.2. The molecule has 1 aliphatic rings. The van der Waals surface area contributed by atoms with Crippen molar-refractivity contribution in [3.63, 3.8) is 0 Å². The van der Waals surface area contributed by atoms with Gasteiger partial charge in [-0.15, -0.1) is 0 Å². The highest BCUT2D eigenvalue weighted by molar-refractivity contribution is 6.05. The fourth-order valence-electron chi connectivity index (χ4n) is 4.16. The number of nitrogens with zero attached hydrogens (tertiary/aromatic N) is 5. The van der Waals surface area contributed by atoms with Crippen LogP contribution < -0.4 is 10.6 Å². The van der Waals surface area contributed by atoms with Gasteiger partial charge in [0, 0.05) is 23.4 Å². The van der Waals surface area contributed by atoms with Gasteiger partial charge in [-0.2, -0.15) is 5.10 Å². The van der Waals surface area contributed by atoms with Gasteiger partial charge in [-0.3, -0.25) is 9.59 Å². The van der Waals surface area contributed by atoms with E-state index in [-0.39, 0.29) is 29.6 Å². The molecule has 2 N–H and O–H groups in total. The lowest BCUT2D eigenvalue weighted by Crippen LogP contribution is -2.22. The lowest BCUT2D eigenvalue weighted by atomic mass is 10.2. The summed E-state index contributed by atoms with van der Waals surface area (Å²) in [5, 5.41) is 11.9. The van der Waals surface area contributed by atoms with Gasteiger partial charge in [-0.25, -0.2) is 14.6 Å². The molecular formula is C23H25N7O2. The number of anilines is 1. The lowest BCUT2D eigenvalue weighted by Gasteiger charge is -2.13. The first-order chi connectivity index (χ1) is 15.5. The highest BCUT2D eigenvalue weighted by Gasteiger charge is 2.24. The summed E-state index contributed by atoms with van der Waals surface area (Å²) in [7, 11) is 0. The zero-order valence-corrected chi connectivity index (χ0v) is 18.3. The molecule has 4 aromatic heterocycles. The van der Waals surface area contributed by atoms with Crippen LogP contribution in [0.3, 0.4) is 0 Å². The number of rotatable bonds is 4. The second-order valence-electron chi connectivity index (χ2n) is 8.34. The molecule has 2 atom stereocenters. The van der Waals surface area contributed by atoms with Crippen LogP contribution in [0.15, 0.2) is 36.7 Å². The van der Waals surface area contributed by atoms with Crippen LogP contribution in [0.25, 0.3) is 22.1 Å². The number of fused-ring (bicyclic) bond motifs is 4. The third-order valence-electron chi connectivity index (χ3n) is 6.14. The Balaban J connectivity index is 1.45. The van der Waals surface area contributed by atoms with Crippen molar-refractivity contribution < 1.29 is 9.59 Å². The van der Waals surface area contributed by atoms with Crippen molar-refractivity contribution in [1.82, 2.24) is 29.6 Å². The van der Waals surface area contributed by atoms with E-state index in [0.717, 1.165) is 29.3 Å². The van der Waals surface area contributed by atoms with Crippen LogP contribution in [-0.4, -0.2) is 42.7 Å². The molecule has 0 aromatic carbocycles. The Labute approximate surface area is 184 Å². The summed E-state index contributed by atoms with van der Waals surface area (Å²) < 4.78 is 3.82. The maximum atomic E-state index is 12.9. The minimum absolute atomic E-state index is 0.0981. The topological polar surface area (TPSA) is 107 Å². The van der Waals surface area contributed by atoms with Crippen molar-refractivity contribution >= 4 is 39.6 Å². The molecule has 0 fully saturated rings. The van der Waals surface area contributed by atoms with Crippen molar-refractivity contribution in [1.29, 1.82) is 0 Å². The zero-order chi connectivity index (χ0) is 22.4. The highest BCUT2D eigenvalue weighted by Crippen LogP contribution is 2.27. The van der Waals surface area contributed by atoms with Crippen molar-refractivity contribution in [3.05, 3.63) is 48.0 Å². The van der Waals surface area contributed by atoms with E-state index in [2.05, 4.69) is 46.5 Å². The van der Waals surface area contributed by atoms with Gasteiger partial charge in [0.1, 0.15) is 17.0 Å². The lowest BCUT2D eigenvalue weighted by molar-refractivity contribution is 0.0950. The van der Waals surface area contributed by atoms with Crippen molar-refractivity contribution in [2.24, 2.45) is 0 Å². The fraction of sp³-hybridized carbons (Fsp3) is 0.348. The number of amides is 2. The molecule has 9 heteroatoms. The number of pyridine rings is 2. The van der Waals surface area contributed by atoms with Crippen molar-refractivity contribution in [2.75, 3.05) is 11.9 Å². The maximum absolute atomic E-state index is 12.9. The summed E-state index contributed by atoms with van der Waals surface area (Å²) in [6.45, 7) is 6.87. The van der Waals surface area contributed by atoms with E-state index < -0.39 is 0 Å². The standard InChI is InChI=1S/C23H25N7O2/c1-4-13(2)30-20-16(11-26-30)9-17(12-25-20)27-22(31)18-6-5-15-10-19-23(32)24-8-7-14(3)29(19)21(15)28-18/h5-6,9-14H,4,7-8H2,1-3H3,(H,24,32)(H,27,31). The van der Waals surface area contributed by atoms with Gasteiger partial charge in [0.05, 0.1) is 24.1 Å². The van der Waals surface area contributed by atoms with Crippen molar-refractivity contribution in [2.45, 2.75) is 45.7 Å². The van der Waals surface area contributed by atoms with E-state index in [4.69, 9.17) is 0 Å². The summed E-state index contributed by atoms with van der Waals surface area (Å²) >= 11 is 0. The number of carbonyl (C=O) groups is 2. The molecule has 0 saturated heterocycles. The molecule has 5 heterocycles. The molecule has 0 bridgehead atoms. The average molecular weight is 432 g/mol. The number of nitrogens with one attached hydrogen (secondary N) is 2. The van der Waals surface area contributed by atoms with E-state index >= 15 is 0 Å². The van der Waals surface area contributed by atoms with Crippen LogP contribution in [0.1, 0.15) is 66.7 Å². The summed E-state index contributed by atoms with van der Waals surface area (Å²) in [5.41, 5.74) is 2.86. The smallest absolute Gasteiger partial charge is 0.274 e. The maximum Gasteiger partial charge on any atom is 0.274 e. The normalized spacial score (nSPS) is 17.1. The molecule has 164 valence electrons. The summed E-state index contributed by atoms with van der Waals surface area (Å²) in [4.78, 5) is 34.5. The van der Waals surface area contributed by atoms with Gasteiger partial charge in [0.25, 0.3) is 11.8 Å². The first-order valence-electron chi connectivity index (χ1n) is 10.9. The van der Waals surface area contributed by atoms with Crippen LogP contribution in [-0.2, 0) is 0 Å². The summed E-state index contributed by atoms with van der Waals surface area (Å²) in [6.07, 6.45) is 5.15. The Morgan fingerprint density at radius 1 is 1.25 bits per heavy atom. The molecule has 32 heavy (non-hydrogen) atoms. The van der Waals surface area contributed by atoms with Crippen LogP contribution >= 0.6 is 0 Å². The van der Waals surface area contributed by atoms with Gasteiger partial charge < -0.3 is 15.2 Å². The Hall–Kier alpha value is -3.75. The monoisotopic (exact) mass is 431 g/mol. The minimum Gasteiger partial charge on any atom is -0.351 e. The molecule has 2 unspecified atom stereocenters. The Morgan fingerprint density at radius 2 is 2.09 bits per heavy atom. The van der Waals surface area contributed by atoms with Crippen molar-refractivity contribution in [3.8, 4) is 0 Å². The molecule has 9 nitrogen and oxygen atoms in total. The average Bonchev–Trinajstić information content (AvgIpc) is 3.35. The highest BCUT2D eigenvalue weighted by atomic mass is 16.2. The van der Waals surface area contributed by atoms with Gasteiger partial charge in [0.15, 0.2) is 5.65 Å². The number of carbonyl (C=O) groups excluding carboxylic acids is 2. The first-order valence-corrected chi connectivity index (χ1v) is 10.9. The van der Waals surface area contributed by atoms with Gasteiger partial charge in [-0.1, -0.05) is 6.92 Å². The zero-order valence-electron chi connectivity index (χ0n) is 18.3. The van der Waals surface area contributed by atoms with E-state index in [9.17, 15) is 9.59 Å². The molecule has 0 aliphatic carbocycles. The predicted octanol–water partition coefficient (Wildman–Crippen LogP) is 3.70. The molecule has 5 rings (SSSR count). The predicted molar refractivity (Wildman–Crippen MR) is 122 cm³/mol. The third kappa shape index (κ3) is 3.30. The number of hydrogen-bond donors (Lipinski definition) is 2. The number of aromatic nitrogens is 5. The minimum atomic E-state index is -0.330. The summed E-state index contributed by atoms with van der Waals surface area (Å²) in [6, 6.07) is 7.54. The van der Waals surface area contributed by atoms with Crippen LogP contribution in [0.5, 0.6) is 0 Å². The third-order valence-corrected chi connectivity index (χ3v) is 6.14. The molecule has 2 amide bonds.